The fraction of sp³-hybridized carbons (Fsp3) is 0.148. The lowest BCUT2D eigenvalue weighted by molar-refractivity contribution is 0.0600. The van der Waals surface area contributed by atoms with Crippen LogP contribution in [-0.4, -0.2) is 30.8 Å². The van der Waals surface area contributed by atoms with Gasteiger partial charge in [0.15, 0.2) is 5.76 Å². The van der Waals surface area contributed by atoms with E-state index in [1.807, 2.05) is 30.1 Å². The Morgan fingerprint density at radius 2 is 1.73 bits per heavy atom. The zero-order valence-corrected chi connectivity index (χ0v) is 18.8. The number of hydrogen-bond donors (Lipinski definition) is 1. The molecule has 33 heavy (non-hydrogen) atoms. The van der Waals surface area contributed by atoms with E-state index >= 15 is 0 Å². The normalized spacial score (nSPS) is 10.6. The van der Waals surface area contributed by atoms with Crippen LogP contribution in [0.15, 0.2) is 83.5 Å². The summed E-state index contributed by atoms with van der Waals surface area (Å²) < 4.78 is 10.5. The van der Waals surface area contributed by atoms with Gasteiger partial charge in [-0.1, -0.05) is 54.6 Å². The average Bonchev–Trinajstić information content (AvgIpc) is 3.38. The van der Waals surface area contributed by atoms with Crippen molar-refractivity contribution in [2.75, 3.05) is 19.1 Å². The first-order chi connectivity index (χ1) is 16.0. The highest BCUT2D eigenvalue weighted by atomic mass is 16.5. The molecule has 0 saturated carbocycles. The largest absolute Gasteiger partial charge is 0.465 e. The van der Waals surface area contributed by atoms with Crippen LogP contribution in [-0.2, 0) is 11.3 Å². The van der Waals surface area contributed by atoms with Crippen molar-refractivity contribution in [1.82, 2.24) is 4.98 Å². The Kier molecular flexibility index (Phi) is 6.36. The van der Waals surface area contributed by atoms with E-state index in [9.17, 15) is 4.79 Å². The van der Waals surface area contributed by atoms with Gasteiger partial charge in [-0.05, 0) is 41.8 Å². The number of anilines is 1. The summed E-state index contributed by atoms with van der Waals surface area (Å²) in [6, 6.07) is 23.7. The molecule has 2 aromatic heterocycles. The molecule has 2 heterocycles. The second-order valence-corrected chi connectivity index (χ2v) is 7.77. The first-order valence-corrected chi connectivity index (χ1v) is 10.6. The molecule has 0 aliphatic rings. The fourth-order valence-corrected chi connectivity index (χ4v) is 3.78. The Labute approximate surface area is 193 Å². The number of esters is 1. The van der Waals surface area contributed by atoms with Crippen LogP contribution in [0.1, 0.15) is 28.4 Å². The predicted octanol–water partition coefficient (Wildman–Crippen LogP) is 5.82. The molecule has 4 aromatic rings. The standard InChI is InChI=1S/C27H25N3O3/c1-18(28)25-22(27(31)32-3)16-23(24-10-7-15-33-24)29-26(25)30(2)17-19-11-13-21(14-12-19)20-8-5-4-6-9-20/h4-16,28H,17H2,1-3H3. The number of aromatic nitrogens is 1. The molecule has 0 saturated heterocycles. The number of ether oxygens (including phenoxy) is 1. The van der Waals surface area contributed by atoms with Crippen LogP contribution in [0.5, 0.6) is 0 Å². The van der Waals surface area contributed by atoms with Gasteiger partial charge in [0.2, 0.25) is 0 Å². The van der Waals surface area contributed by atoms with Crippen molar-refractivity contribution >= 4 is 17.5 Å². The van der Waals surface area contributed by atoms with E-state index in [1.165, 1.54) is 7.11 Å². The number of nitrogens with one attached hydrogen (secondary N) is 1. The molecule has 0 spiro atoms. The minimum Gasteiger partial charge on any atom is -0.465 e. The third-order valence-electron chi connectivity index (χ3n) is 5.40. The van der Waals surface area contributed by atoms with Crippen molar-refractivity contribution < 1.29 is 13.9 Å². The number of nitrogens with zero attached hydrogens (tertiary/aromatic N) is 2. The molecule has 6 heteroatoms. The van der Waals surface area contributed by atoms with Gasteiger partial charge in [0.05, 0.1) is 24.5 Å². The van der Waals surface area contributed by atoms with E-state index in [4.69, 9.17) is 19.5 Å². The van der Waals surface area contributed by atoms with Crippen LogP contribution in [0, 0.1) is 5.41 Å². The summed E-state index contributed by atoms with van der Waals surface area (Å²) >= 11 is 0. The molecule has 0 fully saturated rings. The quantitative estimate of drug-likeness (QED) is 0.290. The van der Waals surface area contributed by atoms with E-state index in [1.54, 1.807) is 31.4 Å². The third kappa shape index (κ3) is 4.70. The molecule has 0 aliphatic carbocycles. The summed E-state index contributed by atoms with van der Waals surface area (Å²) in [5.41, 5.74) is 4.85. The zero-order chi connectivity index (χ0) is 23.4. The minimum absolute atomic E-state index is 0.232. The average molecular weight is 440 g/mol. The maximum Gasteiger partial charge on any atom is 0.338 e. The zero-order valence-electron chi connectivity index (χ0n) is 18.8. The number of pyridine rings is 1. The molecule has 166 valence electrons. The highest BCUT2D eigenvalue weighted by Gasteiger charge is 2.24. The smallest absolute Gasteiger partial charge is 0.338 e. The molecule has 1 N–H and O–H groups in total. The van der Waals surface area contributed by atoms with E-state index in [-0.39, 0.29) is 11.3 Å². The van der Waals surface area contributed by atoms with Gasteiger partial charge in [0.25, 0.3) is 0 Å². The van der Waals surface area contributed by atoms with Crippen molar-refractivity contribution in [3.05, 3.63) is 95.7 Å². The van der Waals surface area contributed by atoms with Crippen molar-refractivity contribution in [2.24, 2.45) is 0 Å². The Bertz CT molecular complexity index is 1260. The van der Waals surface area contributed by atoms with E-state index in [0.29, 0.717) is 29.4 Å². The van der Waals surface area contributed by atoms with Crippen LogP contribution in [0.4, 0.5) is 5.82 Å². The summed E-state index contributed by atoms with van der Waals surface area (Å²) in [7, 11) is 3.23. The Balaban J connectivity index is 1.71. The molecule has 0 atom stereocenters. The van der Waals surface area contributed by atoms with Gasteiger partial charge in [0.1, 0.15) is 11.5 Å². The van der Waals surface area contributed by atoms with Gasteiger partial charge >= 0.3 is 5.97 Å². The van der Waals surface area contributed by atoms with Crippen molar-refractivity contribution in [2.45, 2.75) is 13.5 Å². The number of carbonyl (C=O) groups excluding carboxylic acids is 1. The van der Waals surface area contributed by atoms with Crippen LogP contribution in [0.3, 0.4) is 0 Å². The van der Waals surface area contributed by atoms with Crippen molar-refractivity contribution in [3.63, 3.8) is 0 Å². The first kappa shape index (κ1) is 22.0. The number of benzene rings is 2. The monoisotopic (exact) mass is 439 g/mol. The van der Waals surface area contributed by atoms with Gasteiger partial charge in [0, 0.05) is 19.3 Å². The minimum atomic E-state index is -0.520. The van der Waals surface area contributed by atoms with E-state index < -0.39 is 5.97 Å². The van der Waals surface area contributed by atoms with Crippen molar-refractivity contribution in [1.29, 1.82) is 5.41 Å². The van der Waals surface area contributed by atoms with Crippen LogP contribution >= 0.6 is 0 Å². The molecule has 0 radical (unpaired) electrons. The number of furan rings is 1. The molecular formula is C27H25N3O3. The van der Waals surface area contributed by atoms with Gasteiger partial charge in [-0.2, -0.15) is 0 Å². The molecule has 0 amide bonds. The van der Waals surface area contributed by atoms with Crippen molar-refractivity contribution in [3.8, 4) is 22.6 Å². The lowest BCUT2D eigenvalue weighted by Gasteiger charge is -2.23. The molecular weight excluding hydrogens is 414 g/mol. The topological polar surface area (TPSA) is 79.4 Å². The second kappa shape index (κ2) is 9.53. The Morgan fingerprint density at radius 1 is 1.03 bits per heavy atom. The maximum absolute atomic E-state index is 12.6. The molecule has 0 unspecified atom stereocenters. The molecule has 6 nitrogen and oxygen atoms in total. The molecule has 4 rings (SSSR count). The highest BCUT2D eigenvalue weighted by Crippen LogP contribution is 2.30. The van der Waals surface area contributed by atoms with Gasteiger partial charge in [-0.15, -0.1) is 0 Å². The Hall–Kier alpha value is -4.19. The molecule has 0 bridgehead atoms. The van der Waals surface area contributed by atoms with Crippen LogP contribution in [0.2, 0.25) is 0 Å². The number of rotatable bonds is 7. The van der Waals surface area contributed by atoms with Crippen LogP contribution in [0.25, 0.3) is 22.6 Å². The number of methoxy groups -OCH3 is 1. The summed E-state index contributed by atoms with van der Waals surface area (Å²) in [4.78, 5) is 19.3. The number of hydrogen-bond acceptors (Lipinski definition) is 6. The maximum atomic E-state index is 12.6. The van der Waals surface area contributed by atoms with Gasteiger partial charge in [-0.25, -0.2) is 9.78 Å². The summed E-state index contributed by atoms with van der Waals surface area (Å²) in [6.07, 6.45) is 1.56. The second-order valence-electron chi connectivity index (χ2n) is 7.77. The summed E-state index contributed by atoms with van der Waals surface area (Å²) in [5.74, 6) is 0.536. The highest BCUT2D eigenvalue weighted by molar-refractivity contribution is 6.10. The van der Waals surface area contributed by atoms with Gasteiger partial charge < -0.3 is 19.5 Å². The summed E-state index contributed by atoms with van der Waals surface area (Å²) in [5, 5.41) is 8.33. The molecule has 2 aromatic carbocycles. The lowest BCUT2D eigenvalue weighted by atomic mass is 10.0. The Morgan fingerprint density at radius 3 is 2.33 bits per heavy atom. The van der Waals surface area contributed by atoms with E-state index in [2.05, 4.69) is 36.4 Å². The first-order valence-electron chi connectivity index (χ1n) is 10.6. The SMILES string of the molecule is COC(=O)c1cc(-c2ccco2)nc(N(C)Cc2ccc(-c3ccccc3)cc2)c1C(C)=N. The third-order valence-corrected chi connectivity index (χ3v) is 5.40. The van der Waals surface area contributed by atoms with Crippen LogP contribution < -0.4 is 4.90 Å². The van der Waals surface area contributed by atoms with Gasteiger partial charge in [-0.3, -0.25) is 0 Å². The van der Waals surface area contributed by atoms with E-state index in [0.717, 1.165) is 16.7 Å². The molecule has 0 aliphatic heterocycles. The lowest BCUT2D eigenvalue weighted by Crippen LogP contribution is -2.23. The predicted molar refractivity (Wildman–Crippen MR) is 130 cm³/mol. The fourth-order valence-electron chi connectivity index (χ4n) is 3.78. The number of carbonyl (C=O) groups is 1. The summed E-state index contributed by atoms with van der Waals surface area (Å²) in [6.45, 7) is 2.19.